The van der Waals surface area contributed by atoms with Crippen molar-refractivity contribution in [2.24, 2.45) is 0 Å². The van der Waals surface area contributed by atoms with E-state index in [9.17, 15) is 18.0 Å². The van der Waals surface area contributed by atoms with E-state index in [0.717, 1.165) is 36.1 Å². The van der Waals surface area contributed by atoms with Crippen molar-refractivity contribution in [1.82, 2.24) is 15.2 Å². The molecule has 0 bridgehead atoms. The van der Waals surface area contributed by atoms with Crippen LogP contribution in [0, 0.1) is 0 Å². The number of carbonyl (C=O) groups is 1. The summed E-state index contributed by atoms with van der Waals surface area (Å²) < 4.78 is 41.3. The number of rotatable bonds is 7. The molecular weight excluding hydrogens is 521 g/mol. The van der Waals surface area contributed by atoms with Crippen LogP contribution in [0.5, 0.6) is 5.75 Å². The van der Waals surface area contributed by atoms with Gasteiger partial charge in [-0.15, -0.1) is 31.1 Å². The molecule has 1 aliphatic heterocycles. The van der Waals surface area contributed by atoms with Crippen LogP contribution in [0.3, 0.4) is 0 Å². The van der Waals surface area contributed by atoms with Gasteiger partial charge in [0.2, 0.25) is 0 Å². The van der Waals surface area contributed by atoms with E-state index in [4.69, 9.17) is 12.2 Å². The predicted molar refractivity (Wildman–Crippen MR) is 143 cm³/mol. The molecule has 0 unspecified atom stereocenters. The Morgan fingerprint density at radius 1 is 1.19 bits per heavy atom. The first kappa shape index (κ1) is 26.6. The number of nitrogens with zero attached hydrogens (tertiary/aromatic N) is 2. The lowest BCUT2D eigenvalue weighted by atomic mass is 9.98. The van der Waals surface area contributed by atoms with Crippen LogP contribution in [0.2, 0.25) is 0 Å². The predicted octanol–water partition coefficient (Wildman–Crippen LogP) is 6.20. The van der Waals surface area contributed by atoms with Crippen molar-refractivity contribution in [1.29, 1.82) is 0 Å². The van der Waals surface area contributed by atoms with Gasteiger partial charge in [0.05, 0.1) is 5.01 Å². The monoisotopic (exact) mass is 546 g/mol. The number of halogens is 3. The molecule has 0 spiro atoms. The minimum absolute atomic E-state index is 0.259. The number of ether oxygens (including phenoxy) is 1. The van der Waals surface area contributed by atoms with Gasteiger partial charge in [-0.3, -0.25) is 4.79 Å². The van der Waals surface area contributed by atoms with Gasteiger partial charge in [0.1, 0.15) is 11.4 Å². The molecule has 1 saturated heterocycles. The van der Waals surface area contributed by atoms with Gasteiger partial charge >= 0.3 is 6.36 Å². The van der Waals surface area contributed by atoms with Crippen LogP contribution in [0.1, 0.15) is 34.3 Å². The van der Waals surface area contributed by atoms with Gasteiger partial charge in [0.25, 0.3) is 5.91 Å². The van der Waals surface area contributed by atoms with E-state index in [2.05, 4.69) is 31.8 Å². The topological polar surface area (TPSA) is 66.5 Å². The van der Waals surface area contributed by atoms with E-state index in [-0.39, 0.29) is 17.6 Å². The third-order valence-corrected chi connectivity index (χ3v) is 7.27. The van der Waals surface area contributed by atoms with E-state index < -0.39 is 6.36 Å². The summed E-state index contributed by atoms with van der Waals surface area (Å²) in [7, 11) is 0. The van der Waals surface area contributed by atoms with Crippen molar-refractivity contribution < 1.29 is 22.7 Å². The number of aromatic nitrogens is 1. The molecule has 1 aliphatic rings. The molecule has 0 aliphatic carbocycles. The molecule has 3 aromatic rings. The Hall–Kier alpha value is -3.44. The first-order valence-corrected chi connectivity index (χ1v) is 12.9. The highest BCUT2D eigenvalue weighted by Gasteiger charge is 2.31. The van der Waals surface area contributed by atoms with Crippen molar-refractivity contribution >= 4 is 40.3 Å². The Labute approximate surface area is 222 Å². The van der Waals surface area contributed by atoms with Crippen molar-refractivity contribution in [2.75, 3.05) is 25.0 Å². The summed E-state index contributed by atoms with van der Waals surface area (Å²) in [5, 5.41) is 9.43. The number of alkyl halides is 3. The fourth-order valence-corrected chi connectivity index (χ4v) is 5.28. The fourth-order valence-electron chi connectivity index (χ4n) is 4.05. The summed E-state index contributed by atoms with van der Waals surface area (Å²) in [5.41, 5.74) is 2.16. The summed E-state index contributed by atoms with van der Waals surface area (Å²) in [6.07, 6.45) is -1.21. The van der Waals surface area contributed by atoms with E-state index in [1.54, 1.807) is 35.7 Å². The van der Waals surface area contributed by atoms with Crippen molar-refractivity contribution in [3.05, 3.63) is 77.3 Å². The number of para-hydroxylation sites is 1. The molecule has 6 nitrogen and oxygen atoms in total. The zero-order valence-corrected chi connectivity index (χ0v) is 21.4. The molecule has 194 valence electrons. The van der Waals surface area contributed by atoms with Gasteiger partial charge in [0, 0.05) is 42.2 Å². The van der Waals surface area contributed by atoms with E-state index >= 15 is 0 Å². The molecule has 1 fully saturated rings. The SMILES string of the molecule is C=CCNC(=S)N1CCC(c2nc(C(=O)Nc3ccccc3-c3ccc(OC(F)(F)F)cc3)cs2)CC1. The number of hydrogen-bond donors (Lipinski definition) is 2. The van der Waals surface area contributed by atoms with E-state index in [0.29, 0.717) is 29.1 Å². The van der Waals surface area contributed by atoms with Gasteiger partial charge in [0.15, 0.2) is 5.11 Å². The zero-order chi connectivity index (χ0) is 26.4. The molecule has 11 heteroatoms. The summed E-state index contributed by atoms with van der Waals surface area (Å²) in [4.78, 5) is 19.7. The molecule has 1 amide bonds. The number of anilines is 1. The first-order valence-electron chi connectivity index (χ1n) is 11.6. The minimum atomic E-state index is -4.76. The van der Waals surface area contributed by atoms with Crippen molar-refractivity contribution in [3.8, 4) is 16.9 Å². The van der Waals surface area contributed by atoms with Gasteiger partial charge < -0.3 is 20.3 Å². The standard InChI is InChI=1S/C26H25F3N4O2S2/c1-2-13-30-25(36)33-14-11-18(12-15-33)24-32-22(16-37-24)23(34)31-21-6-4-3-5-20(21)17-7-9-19(10-8-17)35-26(27,28)29/h2-10,16,18H,1,11-15H2,(H,30,36)(H,31,34). The largest absolute Gasteiger partial charge is 0.573 e. The molecule has 4 rings (SSSR count). The number of nitrogens with one attached hydrogen (secondary N) is 2. The lowest BCUT2D eigenvalue weighted by molar-refractivity contribution is -0.274. The second kappa shape index (κ2) is 11.7. The third-order valence-electron chi connectivity index (χ3n) is 5.86. The molecule has 2 heterocycles. The normalized spacial score (nSPS) is 14.2. The number of piperidine rings is 1. The summed E-state index contributed by atoms with van der Waals surface area (Å²) in [5.74, 6) is -0.401. The second-order valence-electron chi connectivity index (χ2n) is 8.38. The number of likely N-dealkylation sites (tertiary alicyclic amines) is 1. The van der Waals surface area contributed by atoms with Crippen LogP contribution in [0.4, 0.5) is 18.9 Å². The van der Waals surface area contributed by atoms with Crippen LogP contribution in [-0.4, -0.2) is 46.9 Å². The Morgan fingerprint density at radius 3 is 2.57 bits per heavy atom. The van der Waals surface area contributed by atoms with Gasteiger partial charge in [-0.25, -0.2) is 4.98 Å². The molecule has 0 saturated carbocycles. The quantitative estimate of drug-likeness (QED) is 0.272. The summed E-state index contributed by atoms with van der Waals surface area (Å²) >= 11 is 6.89. The molecule has 1 aromatic heterocycles. The van der Waals surface area contributed by atoms with Crippen LogP contribution in [0.15, 0.2) is 66.6 Å². The van der Waals surface area contributed by atoms with Crippen LogP contribution >= 0.6 is 23.6 Å². The highest BCUT2D eigenvalue weighted by Crippen LogP contribution is 2.33. The van der Waals surface area contributed by atoms with Gasteiger partial charge in [-0.05, 0) is 48.8 Å². The lowest BCUT2D eigenvalue weighted by Gasteiger charge is -2.33. The maximum absolute atomic E-state index is 13.0. The molecule has 0 radical (unpaired) electrons. The van der Waals surface area contributed by atoms with E-state index in [1.165, 1.54) is 35.6 Å². The second-order valence-corrected chi connectivity index (χ2v) is 9.66. The zero-order valence-electron chi connectivity index (χ0n) is 19.8. The van der Waals surface area contributed by atoms with Crippen molar-refractivity contribution in [3.63, 3.8) is 0 Å². The molecular formula is C26H25F3N4O2S2. The summed E-state index contributed by atoms with van der Waals surface area (Å²) in [6, 6.07) is 12.6. The van der Waals surface area contributed by atoms with Crippen LogP contribution in [-0.2, 0) is 0 Å². The number of amides is 1. The van der Waals surface area contributed by atoms with Gasteiger partial charge in [-0.2, -0.15) is 0 Å². The Kier molecular flexibility index (Phi) is 8.45. The molecule has 0 atom stereocenters. The van der Waals surface area contributed by atoms with Crippen LogP contribution in [0.25, 0.3) is 11.1 Å². The van der Waals surface area contributed by atoms with Crippen LogP contribution < -0.4 is 15.4 Å². The number of benzene rings is 2. The fraction of sp³-hybridized carbons (Fsp3) is 0.269. The maximum Gasteiger partial charge on any atom is 0.573 e. The van der Waals surface area contributed by atoms with Crippen molar-refractivity contribution in [2.45, 2.75) is 25.1 Å². The Morgan fingerprint density at radius 2 is 1.89 bits per heavy atom. The highest BCUT2D eigenvalue weighted by molar-refractivity contribution is 7.80. The average Bonchev–Trinajstić information content (AvgIpc) is 3.38. The average molecular weight is 547 g/mol. The van der Waals surface area contributed by atoms with E-state index in [1.807, 2.05) is 0 Å². The number of hydrogen-bond acceptors (Lipinski definition) is 5. The Balaban J connectivity index is 1.40. The highest BCUT2D eigenvalue weighted by atomic mass is 32.1. The third kappa shape index (κ3) is 7.07. The molecule has 2 N–H and O–H groups in total. The lowest BCUT2D eigenvalue weighted by Crippen LogP contribution is -2.43. The Bertz CT molecular complexity index is 1250. The number of carbonyl (C=O) groups excluding carboxylic acids is 1. The smallest absolute Gasteiger partial charge is 0.406 e. The number of thiazole rings is 1. The first-order chi connectivity index (χ1) is 17.7. The molecule has 2 aromatic carbocycles. The van der Waals surface area contributed by atoms with Gasteiger partial charge in [-0.1, -0.05) is 36.4 Å². The number of thiocarbonyl (C=S) groups is 1. The maximum atomic E-state index is 13.0. The molecule has 37 heavy (non-hydrogen) atoms. The summed E-state index contributed by atoms with van der Waals surface area (Å²) in [6.45, 7) is 5.95. The minimum Gasteiger partial charge on any atom is -0.406 e.